The Morgan fingerprint density at radius 2 is 1.96 bits per heavy atom. The molecule has 0 spiro atoms. The van der Waals surface area contributed by atoms with E-state index < -0.39 is 5.41 Å². The van der Waals surface area contributed by atoms with Crippen molar-refractivity contribution < 1.29 is 4.79 Å². The number of aromatic nitrogens is 2. The second-order valence-corrected chi connectivity index (χ2v) is 7.19. The number of carbonyl (C=O) groups is 1. The maximum atomic E-state index is 12.1. The van der Waals surface area contributed by atoms with Crippen LogP contribution in [-0.2, 0) is 18.3 Å². The molecular weight excluding hydrogens is 316 g/mol. The highest BCUT2D eigenvalue weighted by Gasteiger charge is 2.27. The van der Waals surface area contributed by atoms with E-state index in [9.17, 15) is 4.79 Å². The minimum Gasteiger partial charge on any atom is -0.356 e. The van der Waals surface area contributed by atoms with Crippen molar-refractivity contribution in [2.45, 2.75) is 54.0 Å². The fraction of sp³-hybridized carbons (Fsp3) is 0.722. The Kier molecular flexibility index (Phi) is 7.45. The van der Waals surface area contributed by atoms with Crippen LogP contribution in [-0.4, -0.2) is 47.8 Å². The van der Waals surface area contributed by atoms with E-state index in [0.29, 0.717) is 19.0 Å². The lowest BCUT2D eigenvalue weighted by atomic mass is 9.92. The number of aryl methyl sites for hydroxylation is 2. The van der Waals surface area contributed by atoms with Crippen molar-refractivity contribution in [2.75, 3.05) is 20.1 Å². The normalized spacial score (nSPS) is 13.5. The van der Waals surface area contributed by atoms with E-state index in [2.05, 4.69) is 39.9 Å². The third-order valence-corrected chi connectivity index (χ3v) is 4.43. The highest BCUT2D eigenvalue weighted by atomic mass is 16.2. The Hall–Kier alpha value is -2.05. The molecule has 142 valence electrons. The summed E-state index contributed by atoms with van der Waals surface area (Å²) < 4.78 is 1.92. The summed E-state index contributed by atoms with van der Waals surface area (Å²) in [6, 6.07) is 0.195. The fourth-order valence-corrected chi connectivity index (χ4v) is 2.68. The number of hydrogen-bond donors (Lipinski definition) is 3. The van der Waals surface area contributed by atoms with E-state index in [1.165, 1.54) is 11.3 Å². The molecule has 7 heteroatoms. The molecule has 1 aromatic rings. The molecule has 0 aromatic carbocycles. The summed E-state index contributed by atoms with van der Waals surface area (Å²) >= 11 is 0. The van der Waals surface area contributed by atoms with Gasteiger partial charge in [-0.3, -0.25) is 14.5 Å². The van der Waals surface area contributed by atoms with Crippen molar-refractivity contribution >= 4 is 11.9 Å². The van der Waals surface area contributed by atoms with Gasteiger partial charge in [-0.05, 0) is 53.5 Å². The minimum atomic E-state index is -0.507. The molecule has 7 nitrogen and oxygen atoms in total. The molecule has 0 aliphatic heterocycles. The summed E-state index contributed by atoms with van der Waals surface area (Å²) in [5.41, 5.74) is 3.01. The van der Waals surface area contributed by atoms with Crippen LogP contribution in [0.25, 0.3) is 0 Å². The van der Waals surface area contributed by atoms with Gasteiger partial charge >= 0.3 is 0 Å². The Balaban J connectivity index is 2.62. The molecule has 1 rings (SSSR count). The van der Waals surface area contributed by atoms with Gasteiger partial charge in [0, 0.05) is 38.9 Å². The largest absolute Gasteiger partial charge is 0.356 e. The van der Waals surface area contributed by atoms with Crippen molar-refractivity contribution in [1.29, 1.82) is 0 Å². The van der Waals surface area contributed by atoms with E-state index >= 15 is 0 Å². The topological polar surface area (TPSA) is 83.3 Å². The molecule has 1 atom stereocenters. The van der Waals surface area contributed by atoms with Gasteiger partial charge in [-0.2, -0.15) is 5.10 Å². The zero-order valence-electron chi connectivity index (χ0n) is 16.9. The highest BCUT2D eigenvalue weighted by Crippen LogP contribution is 2.15. The predicted molar refractivity (Wildman–Crippen MR) is 103 cm³/mol. The molecule has 0 radical (unpaired) electrons. The molecule has 0 bridgehead atoms. The lowest BCUT2D eigenvalue weighted by Gasteiger charge is -2.26. The van der Waals surface area contributed by atoms with Gasteiger partial charge in [0.25, 0.3) is 0 Å². The van der Waals surface area contributed by atoms with Crippen molar-refractivity contribution in [2.24, 2.45) is 17.5 Å². The van der Waals surface area contributed by atoms with Crippen LogP contribution in [0.15, 0.2) is 4.99 Å². The molecule has 0 fully saturated rings. The summed E-state index contributed by atoms with van der Waals surface area (Å²) in [5.74, 6) is 0.733. The number of nitrogens with one attached hydrogen (secondary N) is 3. The average molecular weight is 351 g/mol. The summed E-state index contributed by atoms with van der Waals surface area (Å²) in [7, 11) is 3.70. The number of carbonyl (C=O) groups excluding carboxylic acids is 1. The Morgan fingerprint density at radius 3 is 2.44 bits per heavy atom. The standard InChI is InChI=1S/C18H34N6O/c1-9-20-16(25)18(5,6)11-21-17(19-7)22-12(2)10-15-13(3)23-24(8)14(15)4/h12H,9-11H2,1-8H3,(H,20,25)(H2,19,21,22). The van der Waals surface area contributed by atoms with E-state index in [4.69, 9.17) is 0 Å². The number of hydrogen-bond acceptors (Lipinski definition) is 3. The van der Waals surface area contributed by atoms with Crippen LogP contribution in [0.2, 0.25) is 0 Å². The van der Waals surface area contributed by atoms with Crippen LogP contribution < -0.4 is 16.0 Å². The third kappa shape index (κ3) is 5.76. The first kappa shape index (κ1) is 21.0. The van der Waals surface area contributed by atoms with E-state index in [1.807, 2.05) is 39.4 Å². The Morgan fingerprint density at radius 1 is 1.32 bits per heavy atom. The molecule has 0 aliphatic carbocycles. The van der Waals surface area contributed by atoms with Gasteiger partial charge in [0.2, 0.25) is 5.91 Å². The molecule has 1 aromatic heterocycles. The number of guanidine groups is 1. The maximum Gasteiger partial charge on any atom is 0.227 e. The Labute approximate surface area is 151 Å². The zero-order chi connectivity index (χ0) is 19.2. The first-order chi connectivity index (χ1) is 11.6. The van der Waals surface area contributed by atoms with Gasteiger partial charge in [0.1, 0.15) is 0 Å². The van der Waals surface area contributed by atoms with Gasteiger partial charge in [-0.25, -0.2) is 0 Å². The van der Waals surface area contributed by atoms with Crippen LogP contribution in [0.3, 0.4) is 0 Å². The summed E-state index contributed by atoms with van der Waals surface area (Å²) in [5, 5.41) is 14.0. The van der Waals surface area contributed by atoms with Crippen LogP contribution in [0.1, 0.15) is 44.6 Å². The van der Waals surface area contributed by atoms with Crippen molar-refractivity contribution in [3.05, 3.63) is 17.0 Å². The summed E-state index contributed by atoms with van der Waals surface area (Å²) in [6.45, 7) is 13.2. The van der Waals surface area contributed by atoms with Gasteiger partial charge in [0.15, 0.2) is 5.96 Å². The summed E-state index contributed by atoms with van der Waals surface area (Å²) in [6.07, 6.45) is 0.867. The van der Waals surface area contributed by atoms with Crippen molar-refractivity contribution in [3.63, 3.8) is 0 Å². The molecule has 1 unspecified atom stereocenters. The Bertz CT molecular complexity index is 617. The molecule has 0 aliphatic rings. The molecule has 3 N–H and O–H groups in total. The molecule has 0 saturated heterocycles. The van der Waals surface area contributed by atoms with E-state index in [1.54, 1.807) is 7.05 Å². The third-order valence-electron chi connectivity index (χ3n) is 4.43. The van der Waals surface area contributed by atoms with E-state index in [0.717, 1.165) is 12.1 Å². The molecule has 1 amide bonds. The van der Waals surface area contributed by atoms with Gasteiger partial charge in [-0.1, -0.05) is 0 Å². The predicted octanol–water partition coefficient (Wildman–Crippen LogP) is 1.30. The van der Waals surface area contributed by atoms with Gasteiger partial charge in [0.05, 0.1) is 11.1 Å². The van der Waals surface area contributed by atoms with Crippen molar-refractivity contribution in [3.8, 4) is 0 Å². The lowest BCUT2D eigenvalue weighted by Crippen LogP contribution is -2.49. The summed E-state index contributed by atoms with van der Waals surface area (Å²) in [4.78, 5) is 16.4. The molecule has 1 heterocycles. The lowest BCUT2D eigenvalue weighted by molar-refractivity contribution is -0.128. The quantitative estimate of drug-likeness (QED) is 0.511. The van der Waals surface area contributed by atoms with Gasteiger partial charge < -0.3 is 16.0 Å². The van der Waals surface area contributed by atoms with Crippen LogP contribution in [0.4, 0.5) is 0 Å². The average Bonchev–Trinajstić information content (AvgIpc) is 2.78. The smallest absolute Gasteiger partial charge is 0.227 e. The molecule has 25 heavy (non-hydrogen) atoms. The van der Waals surface area contributed by atoms with Crippen LogP contribution in [0.5, 0.6) is 0 Å². The van der Waals surface area contributed by atoms with Crippen LogP contribution >= 0.6 is 0 Å². The van der Waals surface area contributed by atoms with Gasteiger partial charge in [-0.15, -0.1) is 0 Å². The second kappa shape index (κ2) is 8.87. The number of rotatable bonds is 7. The second-order valence-electron chi connectivity index (χ2n) is 7.19. The van der Waals surface area contributed by atoms with Crippen LogP contribution in [0, 0.1) is 19.3 Å². The fourth-order valence-electron chi connectivity index (χ4n) is 2.68. The van der Waals surface area contributed by atoms with E-state index in [-0.39, 0.29) is 11.9 Å². The number of amides is 1. The number of nitrogens with zero attached hydrogens (tertiary/aromatic N) is 3. The highest BCUT2D eigenvalue weighted by molar-refractivity contribution is 5.84. The first-order valence-electron chi connectivity index (χ1n) is 8.86. The molecular formula is C18H34N6O. The maximum absolute atomic E-state index is 12.1. The minimum absolute atomic E-state index is 0.0348. The zero-order valence-corrected chi connectivity index (χ0v) is 16.9. The first-order valence-corrected chi connectivity index (χ1v) is 8.86. The monoisotopic (exact) mass is 350 g/mol. The SMILES string of the molecule is CCNC(=O)C(C)(C)CNC(=NC)NC(C)Cc1c(C)nn(C)c1C. The molecule has 0 saturated carbocycles. The number of aliphatic imine (C=N–C) groups is 1. The van der Waals surface area contributed by atoms with Crippen molar-refractivity contribution in [1.82, 2.24) is 25.7 Å².